The Labute approximate surface area is 110 Å². The number of amides is 1. The molecule has 1 aliphatic carbocycles. The summed E-state index contributed by atoms with van der Waals surface area (Å²) in [6.07, 6.45) is 2.89. The maximum absolute atomic E-state index is 12.5. The maximum Gasteiger partial charge on any atom is 0.225 e. The molecular formula is C14H26N2O2. The summed E-state index contributed by atoms with van der Waals surface area (Å²) in [5, 5.41) is 0. The molecule has 2 N–H and O–H groups in total. The molecule has 104 valence electrons. The Balaban J connectivity index is 1.98. The van der Waals surface area contributed by atoms with E-state index >= 15 is 0 Å². The van der Waals surface area contributed by atoms with Crippen LogP contribution in [0, 0.1) is 11.8 Å². The molecule has 0 radical (unpaired) electrons. The minimum absolute atomic E-state index is 0.123. The fourth-order valence-corrected chi connectivity index (χ4v) is 3.32. The molecule has 18 heavy (non-hydrogen) atoms. The zero-order valence-corrected chi connectivity index (χ0v) is 11.8. The van der Waals surface area contributed by atoms with Gasteiger partial charge < -0.3 is 15.4 Å². The largest absolute Gasteiger partial charge is 0.372 e. The third-order valence-electron chi connectivity index (χ3n) is 4.07. The van der Waals surface area contributed by atoms with E-state index in [-0.39, 0.29) is 23.5 Å². The topological polar surface area (TPSA) is 55.6 Å². The molecule has 3 unspecified atom stereocenters. The maximum atomic E-state index is 12.5. The molecule has 1 saturated heterocycles. The molecule has 0 aromatic rings. The van der Waals surface area contributed by atoms with Gasteiger partial charge in [0.15, 0.2) is 0 Å². The third-order valence-corrected chi connectivity index (χ3v) is 4.07. The van der Waals surface area contributed by atoms with Gasteiger partial charge in [-0.15, -0.1) is 0 Å². The quantitative estimate of drug-likeness (QED) is 0.769. The number of carbonyl (C=O) groups is 1. The van der Waals surface area contributed by atoms with Gasteiger partial charge in [0, 0.05) is 25.0 Å². The Bertz CT molecular complexity index is 303. The molecule has 0 aromatic heterocycles. The van der Waals surface area contributed by atoms with Gasteiger partial charge in [0.05, 0.1) is 12.2 Å². The molecular weight excluding hydrogens is 228 g/mol. The summed E-state index contributed by atoms with van der Waals surface area (Å²) in [7, 11) is 0. The molecule has 1 saturated carbocycles. The highest BCUT2D eigenvalue weighted by atomic mass is 16.5. The van der Waals surface area contributed by atoms with Crippen LogP contribution in [0.1, 0.15) is 40.0 Å². The number of hydrogen-bond donors (Lipinski definition) is 1. The molecule has 0 aromatic carbocycles. The molecule has 0 bridgehead atoms. The summed E-state index contributed by atoms with van der Waals surface area (Å²) in [6.45, 7) is 8.35. The number of hydrogen-bond acceptors (Lipinski definition) is 3. The van der Waals surface area contributed by atoms with Crippen molar-refractivity contribution in [3.05, 3.63) is 0 Å². The van der Waals surface area contributed by atoms with Crippen LogP contribution >= 0.6 is 0 Å². The van der Waals surface area contributed by atoms with Crippen LogP contribution in [0.5, 0.6) is 0 Å². The molecule has 1 amide bonds. The first-order valence-electron chi connectivity index (χ1n) is 7.06. The van der Waals surface area contributed by atoms with Gasteiger partial charge in [-0.05, 0) is 39.0 Å². The van der Waals surface area contributed by atoms with Crippen molar-refractivity contribution in [2.75, 3.05) is 19.7 Å². The molecule has 2 fully saturated rings. The predicted molar refractivity (Wildman–Crippen MR) is 71.1 cm³/mol. The average Bonchev–Trinajstić information content (AvgIpc) is 2.25. The summed E-state index contributed by atoms with van der Waals surface area (Å²) >= 11 is 0. The van der Waals surface area contributed by atoms with E-state index in [0.717, 1.165) is 25.8 Å². The van der Waals surface area contributed by atoms with E-state index in [4.69, 9.17) is 10.5 Å². The highest BCUT2D eigenvalue weighted by Gasteiger charge is 2.36. The van der Waals surface area contributed by atoms with Gasteiger partial charge in [0.25, 0.3) is 0 Å². The van der Waals surface area contributed by atoms with E-state index in [9.17, 15) is 4.79 Å². The van der Waals surface area contributed by atoms with Crippen LogP contribution in [0.4, 0.5) is 0 Å². The molecule has 0 spiro atoms. The Morgan fingerprint density at radius 3 is 2.67 bits per heavy atom. The predicted octanol–water partition coefficient (Wildman–Crippen LogP) is 1.39. The zero-order valence-electron chi connectivity index (χ0n) is 11.8. The van der Waals surface area contributed by atoms with Gasteiger partial charge in [-0.3, -0.25) is 4.79 Å². The minimum atomic E-state index is -0.212. The van der Waals surface area contributed by atoms with Crippen LogP contribution in [-0.2, 0) is 9.53 Å². The van der Waals surface area contributed by atoms with E-state index in [1.165, 1.54) is 0 Å². The lowest BCUT2D eigenvalue weighted by Crippen LogP contribution is -2.53. The number of nitrogens with zero attached hydrogens (tertiary/aromatic N) is 1. The van der Waals surface area contributed by atoms with Crippen molar-refractivity contribution in [1.82, 2.24) is 4.90 Å². The lowest BCUT2D eigenvalue weighted by Gasteiger charge is -2.41. The van der Waals surface area contributed by atoms with Gasteiger partial charge in [-0.1, -0.05) is 6.92 Å². The first-order valence-corrected chi connectivity index (χ1v) is 7.06. The minimum Gasteiger partial charge on any atom is -0.372 e. The normalized spacial score (nSPS) is 36.4. The third kappa shape index (κ3) is 3.23. The second-order valence-electron chi connectivity index (χ2n) is 6.64. The lowest BCUT2D eigenvalue weighted by atomic mass is 9.79. The zero-order chi connectivity index (χ0) is 13.3. The van der Waals surface area contributed by atoms with Gasteiger partial charge >= 0.3 is 0 Å². The first kappa shape index (κ1) is 13.8. The number of rotatable bonds is 1. The smallest absolute Gasteiger partial charge is 0.225 e. The second kappa shape index (κ2) is 5.17. The van der Waals surface area contributed by atoms with Crippen LogP contribution in [0.3, 0.4) is 0 Å². The number of ether oxygens (including phenoxy) is 1. The van der Waals surface area contributed by atoms with Gasteiger partial charge in [0.2, 0.25) is 5.91 Å². The molecule has 2 aliphatic rings. The molecule has 1 heterocycles. The van der Waals surface area contributed by atoms with Crippen molar-refractivity contribution in [1.29, 1.82) is 0 Å². The van der Waals surface area contributed by atoms with E-state index < -0.39 is 0 Å². The Morgan fingerprint density at radius 2 is 2.06 bits per heavy atom. The SMILES string of the molecule is CC1CC(N)CC(C(=O)N2CCOC(C)(C)C2)C1. The van der Waals surface area contributed by atoms with E-state index in [1.54, 1.807) is 0 Å². The van der Waals surface area contributed by atoms with Crippen molar-refractivity contribution >= 4 is 5.91 Å². The summed E-state index contributed by atoms with van der Waals surface area (Å²) in [5.41, 5.74) is 5.83. The van der Waals surface area contributed by atoms with Crippen LogP contribution in [-0.4, -0.2) is 42.1 Å². The van der Waals surface area contributed by atoms with Crippen LogP contribution in [0.2, 0.25) is 0 Å². The van der Waals surface area contributed by atoms with Crippen LogP contribution in [0.25, 0.3) is 0 Å². The van der Waals surface area contributed by atoms with E-state index in [0.29, 0.717) is 19.1 Å². The number of morpholine rings is 1. The van der Waals surface area contributed by atoms with Crippen LogP contribution < -0.4 is 5.73 Å². The first-order chi connectivity index (χ1) is 8.37. The van der Waals surface area contributed by atoms with Crippen molar-refractivity contribution < 1.29 is 9.53 Å². The van der Waals surface area contributed by atoms with Crippen molar-refractivity contribution in [2.45, 2.75) is 51.7 Å². The summed E-state index contributed by atoms with van der Waals surface area (Å²) < 4.78 is 5.66. The van der Waals surface area contributed by atoms with Crippen molar-refractivity contribution in [2.24, 2.45) is 17.6 Å². The average molecular weight is 254 g/mol. The van der Waals surface area contributed by atoms with Crippen molar-refractivity contribution in [3.8, 4) is 0 Å². The molecule has 3 atom stereocenters. The monoisotopic (exact) mass is 254 g/mol. The summed E-state index contributed by atoms with van der Waals surface area (Å²) in [6, 6.07) is 0.191. The van der Waals surface area contributed by atoms with Gasteiger partial charge in [-0.25, -0.2) is 0 Å². The second-order valence-corrected chi connectivity index (χ2v) is 6.64. The Morgan fingerprint density at radius 1 is 1.33 bits per heavy atom. The molecule has 4 nitrogen and oxygen atoms in total. The van der Waals surface area contributed by atoms with E-state index in [1.807, 2.05) is 18.7 Å². The highest BCUT2D eigenvalue weighted by molar-refractivity contribution is 5.79. The summed E-state index contributed by atoms with van der Waals surface area (Å²) in [4.78, 5) is 14.5. The molecule has 1 aliphatic heterocycles. The number of nitrogens with two attached hydrogens (primary N) is 1. The fraction of sp³-hybridized carbons (Fsp3) is 0.929. The Kier molecular flexibility index (Phi) is 3.97. The van der Waals surface area contributed by atoms with Crippen molar-refractivity contribution in [3.63, 3.8) is 0 Å². The molecule has 4 heteroatoms. The fourth-order valence-electron chi connectivity index (χ4n) is 3.32. The lowest BCUT2D eigenvalue weighted by molar-refractivity contribution is -0.151. The van der Waals surface area contributed by atoms with Gasteiger partial charge in [-0.2, -0.15) is 0 Å². The van der Waals surface area contributed by atoms with Gasteiger partial charge in [0.1, 0.15) is 0 Å². The number of carbonyl (C=O) groups excluding carboxylic acids is 1. The van der Waals surface area contributed by atoms with E-state index in [2.05, 4.69) is 6.92 Å². The van der Waals surface area contributed by atoms with Crippen LogP contribution in [0.15, 0.2) is 0 Å². The molecule has 2 rings (SSSR count). The summed E-state index contributed by atoms with van der Waals surface area (Å²) in [5.74, 6) is 0.975. The standard InChI is InChI=1S/C14H26N2O2/c1-10-6-11(8-12(15)7-10)13(17)16-4-5-18-14(2,3)9-16/h10-12H,4-9,15H2,1-3H3. The Hall–Kier alpha value is -0.610. The highest BCUT2D eigenvalue weighted by Crippen LogP contribution is 2.30.